The molecule has 1 heterocycles. The fourth-order valence-corrected chi connectivity index (χ4v) is 3.01. The van der Waals surface area contributed by atoms with Crippen LogP contribution in [-0.2, 0) is 0 Å². The predicted molar refractivity (Wildman–Crippen MR) is 89.9 cm³/mol. The van der Waals surface area contributed by atoms with Crippen LogP contribution in [0.2, 0.25) is 0 Å². The summed E-state index contributed by atoms with van der Waals surface area (Å²) in [5.74, 6) is 0. The summed E-state index contributed by atoms with van der Waals surface area (Å²) in [4.78, 5) is 0. The summed E-state index contributed by atoms with van der Waals surface area (Å²) >= 11 is 0. The topological polar surface area (TPSA) is 54.7 Å². The predicted octanol–water partition coefficient (Wildman–Crippen LogP) is 4.24. The fourth-order valence-electron chi connectivity index (χ4n) is 3.01. The highest BCUT2D eigenvalue weighted by molar-refractivity contribution is 6.13. The lowest BCUT2D eigenvalue weighted by molar-refractivity contribution is 1.18. The van der Waals surface area contributed by atoms with Crippen molar-refractivity contribution in [3.8, 4) is 11.8 Å². The first-order valence-corrected chi connectivity index (χ1v) is 7.08. The minimum Gasteiger partial charge on any atom is -0.397 e. The van der Waals surface area contributed by atoms with E-state index in [0.29, 0.717) is 5.56 Å². The number of anilines is 1. The Hall–Kier alpha value is -3.25. The third kappa shape index (κ3) is 1.68. The van der Waals surface area contributed by atoms with Crippen LogP contribution in [0.3, 0.4) is 0 Å². The lowest BCUT2D eigenvalue weighted by Crippen LogP contribution is -1.96. The van der Waals surface area contributed by atoms with E-state index in [4.69, 9.17) is 5.73 Å². The van der Waals surface area contributed by atoms with Crippen LogP contribution < -0.4 is 5.73 Å². The lowest BCUT2D eigenvalue weighted by Gasteiger charge is -2.09. The van der Waals surface area contributed by atoms with Crippen LogP contribution in [-0.4, -0.2) is 4.57 Å². The summed E-state index contributed by atoms with van der Waals surface area (Å²) in [6.07, 6.45) is 0. The van der Waals surface area contributed by atoms with E-state index in [1.807, 2.05) is 60.7 Å². The molecule has 0 fully saturated rings. The average Bonchev–Trinajstić information content (AvgIpc) is 2.90. The number of nitrogens with zero attached hydrogens (tertiary/aromatic N) is 2. The van der Waals surface area contributed by atoms with Crippen molar-refractivity contribution in [3.05, 3.63) is 72.3 Å². The van der Waals surface area contributed by atoms with E-state index in [1.165, 1.54) is 0 Å². The molecule has 0 bridgehead atoms. The zero-order valence-corrected chi connectivity index (χ0v) is 11.8. The van der Waals surface area contributed by atoms with Crippen LogP contribution in [0.4, 0.5) is 5.69 Å². The monoisotopic (exact) mass is 283 g/mol. The second-order valence-electron chi connectivity index (χ2n) is 5.26. The Morgan fingerprint density at radius 3 is 2.45 bits per heavy atom. The molecular formula is C19H13N3. The van der Waals surface area contributed by atoms with E-state index >= 15 is 0 Å². The Morgan fingerprint density at radius 2 is 1.68 bits per heavy atom. The molecule has 0 aliphatic carbocycles. The number of rotatable bonds is 1. The molecule has 0 saturated carbocycles. The van der Waals surface area contributed by atoms with Gasteiger partial charge in [0, 0.05) is 16.5 Å². The van der Waals surface area contributed by atoms with Gasteiger partial charge in [-0.1, -0.05) is 36.4 Å². The maximum Gasteiger partial charge on any atom is 0.0992 e. The summed E-state index contributed by atoms with van der Waals surface area (Å²) in [5.41, 5.74) is 10.6. The number of fused-ring (bicyclic) bond motifs is 3. The maximum atomic E-state index is 9.20. The van der Waals surface area contributed by atoms with Crippen LogP contribution in [0.15, 0.2) is 66.7 Å². The third-order valence-corrected chi connectivity index (χ3v) is 3.96. The van der Waals surface area contributed by atoms with Crippen LogP contribution >= 0.6 is 0 Å². The third-order valence-electron chi connectivity index (χ3n) is 3.96. The lowest BCUT2D eigenvalue weighted by atomic mass is 10.1. The molecule has 0 unspecified atom stereocenters. The van der Waals surface area contributed by atoms with Crippen molar-refractivity contribution in [1.82, 2.24) is 4.57 Å². The Kier molecular flexibility index (Phi) is 2.64. The quantitative estimate of drug-likeness (QED) is 0.531. The minimum absolute atomic E-state index is 0.644. The van der Waals surface area contributed by atoms with Crippen molar-refractivity contribution >= 4 is 27.5 Å². The number of hydrogen-bond acceptors (Lipinski definition) is 2. The van der Waals surface area contributed by atoms with Crippen LogP contribution in [0.5, 0.6) is 0 Å². The molecule has 4 aromatic rings. The van der Waals surface area contributed by atoms with Crippen molar-refractivity contribution in [1.29, 1.82) is 5.26 Å². The minimum atomic E-state index is 0.644. The molecule has 1 aromatic heterocycles. The fraction of sp³-hybridized carbons (Fsp3) is 0. The van der Waals surface area contributed by atoms with E-state index < -0.39 is 0 Å². The van der Waals surface area contributed by atoms with Crippen LogP contribution in [0.1, 0.15) is 5.56 Å². The second-order valence-corrected chi connectivity index (χ2v) is 5.26. The van der Waals surface area contributed by atoms with Crippen molar-refractivity contribution < 1.29 is 0 Å². The van der Waals surface area contributed by atoms with Gasteiger partial charge in [0.1, 0.15) is 0 Å². The van der Waals surface area contributed by atoms with Crippen LogP contribution in [0, 0.1) is 11.3 Å². The van der Waals surface area contributed by atoms with Crippen molar-refractivity contribution in [2.75, 3.05) is 5.73 Å². The molecule has 3 heteroatoms. The summed E-state index contributed by atoms with van der Waals surface area (Å²) in [7, 11) is 0. The molecule has 3 nitrogen and oxygen atoms in total. The average molecular weight is 283 g/mol. The van der Waals surface area contributed by atoms with Gasteiger partial charge in [0.15, 0.2) is 0 Å². The van der Waals surface area contributed by atoms with Gasteiger partial charge in [-0.05, 0) is 30.3 Å². The molecule has 0 atom stereocenters. The molecule has 3 aromatic carbocycles. The summed E-state index contributed by atoms with van der Waals surface area (Å²) < 4.78 is 2.13. The van der Waals surface area contributed by atoms with Gasteiger partial charge in [-0.25, -0.2) is 0 Å². The first kappa shape index (κ1) is 12.5. The highest BCUT2D eigenvalue weighted by Gasteiger charge is 2.14. The van der Waals surface area contributed by atoms with E-state index in [9.17, 15) is 5.26 Å². The molecular weight excluding hydrogens is 270 g/mol. The number of nitrogens with two attached hydrogens (primary N) is 1. The number of aromatic nitrogens is 1. The van der Waals surface area contributed by atoms with E-state index in [1.54, 1.807) is 0 Å². The Balaban J connectivity index is 2.26. The van der Waals surface area contributed by atoms with E-state index in [0.717, 1.165) is 33.2 Å². The van der Waals surface area contributed by atoms with E-state index in [2.05, 4.69) is 16.7 Å². The molecule has 104 valence electrons. The van der Waals surface area contributed by atoms with Gasteiger partial charge >= 0.3 is 0 Å². The molecule has 0 aliphatic heterocycles. The Bertz CT molecular complexity index is 1040. The number of nitriles is 1. The van der Waals surface area contributed by atoms with Gasteiger partial charge in [-0.3, -0.25) is 0 Å². The van der Waals surface area contributed by atoms with E-state index in [-0.39, 0.29) is 0 Å². The summed E-state index contributed by atoms with van der Waals surface area (Å²) in [5, 5.41) is 11.4. The molecule has 2 N–H and O–H groups in total. The van der Waals surface area contributed by atoms with Crippen molar-refractivity contribution in [2.24, 2.45) is 0 Å². The first-order chi connectivity index (χ1) is 10.8. The molecule has 0 radical (unpaired) electrons. The number of benzene rings is 3. The SMILES string of the molecule is N#Cc1ccc2c3cccc(N)c3n(-c3ccccc3)c2c1. The first-order valence-electron chi connectivity index (χ1n) is 7.08. The Labute approximate surface area is 127 Å². The van der Waals surface area contributed by atoms with Crippen molar-refractivity contribution in [2.45, 2.75) is 0 Å². The van der Waals surface area contributed by atoms with Crippen molar-refractivity contribution in [3.63, 3.8) is 0 Å². The molecule has 0 amide bonds. The van der Waals surface area contributed by atoms with Gasteiger partial charge in [0.25, 0.3) is 0 Å². The molecule has 4 rings (SSSR count). The molecule has 0 spiro atoms. The van der Waals surface area contributed by atoms with Gasteiger partial charge < -0.3 is 10.3 Å². The van der Waals surface area contributed by atoms with Gasteiger partial charge in [0.2, 0.25) is 0 Å². The molecule has 22 heavy (non-hydrogen) atoms. The highest BCUT2D eigenvalue weighted by atomic mass is 15.0. The van der Waals surface area contributed by atoms with Gasteiger partial charge in [-0.15, -0.1) is 0 Å². The number of hydrogen-bond donors (Lipinski definition) is 1. The Morgan fingerprint density at radius 1 is 0.864 bits per heavy atom. The highest BCUT2D eigenvalue weighted by Crippen LogP contribution is 2.35. The molecule has 0 saturated heterocycles. The zero-order valence-electron chi connectivity index (χ0n) is 11.8. The van der Waals surface area contributed by atoms with Gasteiger partial charge in [-0.2, -0.15) is 5.26 Å². The largest absolute Gasteiger partial charge is 0.397 e. The maximum absolute atomic E-state index is 9.20. The summed E-state index contributed by atoms with van der Waals surface area (Å²) in [6.45, 7) is 0. The zero-order chi connectivity index (χ0) is 15.1. The van der Waals surface area contributed by atoms with Crippen LogP contribution in [0.25, 0.3) is 27.5 Å². The normalized spacial score (nSPS) is 10.9. The molecule has 0 aliphatic rings. The summed E-state index contributed by atoms with van der Waals surface area (Å²) in [6, 6.07) is 24.0. The number of nitrogen functional groups attached to an aromatic ring is 1. The second kappa shape index (κ2) is 4.64. The van der Waals surface area contributed by atoms with Gasteiger partial charge in [0.05, 0.1) is 28.4 Å². The smallest absolute Gasteiger partial charge is 0.0992 e. The number of para-hydroxylation sites is 2. The standard InChI is InChI=1S/C19H13N3/c20-12-13-9-10-15-16-7-4-8-17(21)19(16)22(18(15)11-13)14-5-2-1-3-6-14/h1-11H,21H2.